The molecule has 1 aromatic carbocycles. The Morgan fingerprint density at radius 1 is 1.23 bits per heavy atom. The number of methoxy groups -OCH3 is 1. The van der Waals surface area contributed by atoms with E-state index in [9.17, 15) is 13.2 Å². The van der Waals surface area contributed by atoms with E-state index in [0.29, 0.717) is 49.3 Å². The van der Waals surface area contributed by atoms with Gasteiger partial charge < -0.3 is 15.0 Å². The van der Waals surface area contributed by atoms with Crippen LogP contribution >= 0.6 is 0 Å². The van der Waals surface area contributed by atoms with Crippen LogP contribution in [0, 0.1) is 11.8 Å². The van der Waals surface area contributed by atoms with Gasteiger partial charge in [-0.2, -0.15) is 4.31 Å². The number of sulfonamides is 1. The number of fused-ring (bicyclic) bond motifs is 1. The van der Waals surface area contributed by atoms with Crippen LogP contribution in [0.15, 0.2) is 23.1 Å². The third kappa shape index (κ3) is 3.33. The highest BCUT2D eigenvalue weighted by Gasteiger charge is 2.39. The highest BCUT2D eigenvalue weighted by Crippen LogP contribution is 2.31. The molecule has 2 fully saturated rings. The topological polar surface area (TPSA) is 79.0 Å². The Balaban J connectivity index is 1.92. The molecule has 0 aromatic heterocycles. The molecule has 8 heteroatoms. The number of ether oxygens (including phenoxy) is 1. The molecule has 1 aromatic rings. The van der Waals surface area contributed by atoms with Gasteiger partial charge in [0.1, 0.15) is 5.75 Å². The first-order valence-corrected chi connectivity index (χ1v) is 10.5. The van der Waals surface area contributed by atoms with E-state index in [1.807, 2.05) is 4.90 Å². The monoisotopic (exact) mass is 381 g/mol. The van der Waals surface area contributed by atoms with E-state index in [-0.39, 0.29) is 10.8 Å². The molecule has 0 saturated carbocycles. The summed E-state index contributed by atoms with van der Waals surface area (Å²) < 4.78 is 32.3. The van der Waals surface area contributed by atoms with Crippen molar-refractivity contribution in [2.24, 2.45) is 11.8 Å². The van der Waals surface area contributed by atoms with Crippen molar-refractivity contribution in [1.82, 2.24) is 14.5 Å². The van der Waals surface area contributed by atoms with Gasteiger partial charge in [-0.15, -0.1) is 0 Å². The van der Waals surface area contributed by atoms with Crippen LogP contribution in [0.2, 0.25) is 0 Å². The maximum absolute atomic E-state index is 13.1. The van der Waals surface area contributed by atoms with Gasteiger partial charge in [0.15, 0.2) is 0 Å². The minimum atomic E-state index is -3.62. The van der Waals surface area contributed by atoms with E-state index < -0.39 is 10.0 Å². The largest absolute Gasteiger partial charge is 0.496 e. The average Bonchev–Trinajstić information content (AvgIpc) is 3.23. The van der Waals surface area contributed by atoms with E-state index in [1.54, 1.807) is 19.9 Å². The molecule has 1 amide bonds. The van der Waals surface area contributed by atoms with E-state index in [0.717, 1.165) is 13.1 Å². The van der Waals surface area contributed by atoms with Crippen LogP contribution < -0.4 is 10.1 Å². The standard InChI is InChI=1S/C18H27N3O4S/c1-4-21(5-2)26(23,24)15-6-7-17(25-3)16(8-15)18(22)20-11-13-9-19-10-14(13)12-20/h6-8,13-14,19H,4-5,9-12H2,1-3H3/t13-,14+. The second-order valence-corrected chi connectivity index (χ2v) is 8.78. The molecule has 0 aliphatic carbocycles. The lowest BCUT2D eigenvalue weighted by molar-refractivity contribution is 0.0778. The number of hydrogen-bond acceptors (Lipinski definition) is 5. The third-order valence-electron chi connectivity index (χ3n) is 5.42. The fourth-order valence-corrected chi connectivity index (χ4v) is 5.40. The Morgan fingerprint density at radius 2 is 1.85 bits per heavy atom. The summed E-state index contributed by atoms with van der Waals surface area (Å²) in [5.74, 6) is 1.21. The SMILES string of the molecule is CCN(CC)S(=O)(=O)c1ccc(OC)c(C(=O)N2C[C@H]3CNC[C@H]3C2)c1. The minimum Gasteiger partial charge on any atom is -0.496 e. The van der Waals surface area contributed by atoms with Gasteiger partial charge >= 0.3 is 0 Å². The quantitative estimate of drug-likeness (QED) is 0.796. The Bertz CT molecular complexity index is 765. The van der Waals surface area contributed by atoms with Crippen LogP contribution in [0.25, 0.3) is 0 Å². The van der Waals surface area contributed by atoms with E-state index in [2.05, 4.69) is 5.32 Å². The molecule has 2 aliphatic rings. The lowest BCUT2D eigenvalue weighted by atomic mass is 10.0. The average molecular weight is 381 g/mol. The number of carbonyl (C=O) groups is 1. The summed E-state index contributed by atoms with van der Waals surface area (Å²) >= 11 is 0. The molecule has 3 rings (SSSR count). The summed E-state index contributed by atoms with van der Waals surface area (Å²) in [5.41, 5.74) is 0.314. The second-order valence-electron chi connectivity index (χ2n) is 6.84. The van der Waals surface area contributed by atoms with Crippen molar-refractivity contribution in [3.63, 3.8) is 0 Å². The fourth-order valence-electron chi connectivity index (χ4n) is 3.92. The molecule has 144 valence electrons. The molecular formula is C18H27N3O4S. The maximum atomic E-state index is 13.1. The lowest BCUT2D eigenvalue weighted by Gasteiger charge is -2.21. The van der Waals surface area contributed by atoms with Crippen molar-refractivity contribution in [2.45, 2.75) is 18.7 Å². The van der Waals surface area contributed by atoms with Gasteiger partial charge in [0, 0.05) is 39.3 Å². The van der Waals surface area contributed by atoms with Crippen molar-refractivity contribution in [1.29, 1.82) is 0 Å². The summed E-state index contributed by atoms with van der Waals surface area (Å²) in [6.45, 7) is 7.64. The molecule has 0 bridgehead atoms. The highest BCUT2D eigenvalue weighted by molar-refractivity contribution is 7.89. The van der Waals surface area contributed by atoms with Gasteiger partial charge in [0.05, 0.1) is 17.6 Å². The first kappa shape index (κ1) is 19.1. The predicted octanol–water partition coefficient (Wildman–Crippen LogP) is 1.02. The Kier molecular flexibility index (Phi) is 5.55. The Labute approximate surface area is 155 Å². The third-order valence-corrected chi connectivity index (χ3v) is 7.47. The fraction of sp³-hybridized carbons (Fsp3) is 0.611. The Hall–Kier alpha value is -1.64. The smallest absolute Gasteiger partial charge is 0.257 e. The number of rotatable bonds is 6. The summed E-state index contributed by atoms with van der Waals surface area (Å²) in [4.78, 5) is 15.0. The molecular weight excluding hydrogens is 354 g/mol. The molecule has 0 radical (unpaired) electrons. The normalized spacial score (nSPS) is 22.7. The summed E-state index contributed by atoms with van der Waals surface area (Å²) in [7, 11) is -2.13. The number of amides is 1. The van der Waals surface area contributed by atoms with Gasteiger partial charge in [-0.05, 0) is 30.0 Å². The van der Waals surface area contributed by atoms with Crippen molar-refractivity contribution in [3.05, 3.63) is 23.8 Å². The number of hydrogen-bond donors (Lipinski definition) is 1. The second kappa shape index (κ2) is 7.54. The van der Waals surface area contributed by atoms with Crippen LogP contribution in [0.3, 0.4) is 0 Å². The zero-order chi connectivity index (χ0) is 18.9. The van der Waals surface area contributed by atoms with Crippen molar-refractivity contribution in [3.8, 4) is 5.75 Å². The summed E-state index contributed by atoms with van der Waals surface area (Å²) in [5, 5.41) is 3.35. The van der Waals surface area contributed by atoms with Crippen LogP contribution in [-0.2, 0) is 10.0 Å². The molecule has 2 atom stereocenters. The van der Waals surface area contributed by atoms with Gasteiger partial charge in [0.2, 0.25) is 10.0 Å². The highest BCUT2D eigenvalue weighted by atomic mass is 32.2. The first-order chi connectivity index (χ1) is 12.4. The zero-order valence-corrected chi connectivity index (χ0v) is 16.4. The first-order valence-electron chi connectivity index (χ1n) is 9.10. The molecule has 2 saturated heterocycles. The molecule has 0 unspecified atom stereocenters. The number of nitrogens with zero attached hydrogens (tertiary/aromatic N) is 2. The number of benzene rings is 1. The molecule has 2 aliphatic heterocycles. The van der Waals surface area contributed by atoms with Gasteiger partial charge in [-0.25, -0.2) is 8.42 Å². The molecule has 0 spiro atoms. The van der Waals surface area contributed by atoms with Crippen LogP contribution in [0.5, 0.6) is 5.75 Å². The Morgan fingerprint density at radius 3 is 2.38 bits per heavy atom. The number of carbonyl (C=O) groups excluding carboxylic acids is 1. The van der Waals surface area contributed by atoms with Gasteiger partial charge in [-0.3, -0.25) is 4.79 Å². The molecule has 1 N–H and O–H groups in total. The van der Waals surface area contributed by atoms with Gasteiger partial charge in [0.25, 0.3) is 5.91 Å². The van der Waals surface area contributed by atoms with Gasteiger partial charge in [-0.1, -0.05) is 13.8 Å². The van der Waals surface area contributed by atoms with Crippen molar-refractivity contribution in [2.75, 3.05) is 46.4 Å². The molecule has 26 heavy (non-hydrogen) atoms. The minimum absolute atomic E-state index is 0.131. The van der Waals surface area contributed by atoms with E-state index in [4.69, 9.17) is 4.74 Å². The van der Waals surface area contributed by atoms with Crippen LogP contribution in [0.4, 0.5) is 0 Å². The number of nitrogens with one attached hydrogen (secondary N) is 1. The summed E-state index contributed by atoms with van der Waals surface area (Å²) in [6.07, 6.45) is 0. The van der Waals surface area contributed by atoms with Crippen LogP contribution in [0.1, 0.15) is 24.2 Å². The predicted molar refractivity (Wildman–Crippen MR) is 98.9 cm³/mol. The summed E-state index contributed by atoms with van der Waals surface area (Å²) in [6, 6.07) is 4.54. The van der Waals surface area contributed by atoms with E-state index in [1.165, 1.54) is 23.5 Å². The van der Waals surface area contributed by atoms with Crippen LogP contribution in [-0.4, -0.2) is 69.9 Å². The lowest BCUT2D eigenvalue weighted by Crippen LogP contribution is -2.33. The van der Waals surface area contributed by atoms with Crippen molar-refractivity contribution >= 4 is 15.9 Å². The zero-order valence-electron chi connectivity index (χ0n) is 15.6. The molecule has 2 heterocycles. The van der Waals surface area contributed by atoms with E-state index >= 15 is 0 Å². The van der Waals surface area contributed by atoms with Crippen molar-refractivity contribution < 1.29 is 17.9 Å². The maximum Gasteiger partial charge on any atom is 0.257 e. The molecule has 7 nitrogen and oxygen atoms in total. The number of likely N-dealkylation sites (tertiary alicyclic amines) is 1.